The fourth-order valence-corrected chi connectivity index (χ4v) is 5.41. The lowest BCUT2D eigenvalue weighted by Crippen LogP contribution is -2.44. The van der Waals surface area contributed by atoms with E-state index in [9.17, 15) is 0 Å². The fraction of sp³-hybridized carbons (Fsp3) is 1.00. The predicted molar refractivity (Wildman–Crippen MR) is 113 cm³/mol. The van der Waals surface area contributed by atoms with E-state index in [0.29, 0.717) is 0 Å². The minimum absolute atomic E-state index is 0.400. The number of rotatable bonds is 13. The van der Waals surface area contributed by atoms with E-state index < -0.39 is 17.5 Å². The van der Waals surface area contributed by atoms with Gasteiger partial charge in [0.1, 0.15) is 8.96 Å². The molecular formula is C17H45N3O2Si2. The molecule has 7 heteroatoms. The van der Waals surface area contributed by atoms with Gasteiger partial charge < -0.3 is 23.6 Å². The lowest BCUT2D eigenvalue weighted by molar-refractivity contribution is 0.144. The van der Waals surface area contributed by atoms with Crippen molar-refractivity contribution in [2.24, 2.45) is 0 Å². The second-order valence-electron chi connectivity index (χ2n) is 7.16. The van der Waals surface area contributed by atoms with Gasteiger partial charge >= 0.3 is 8.56 Å². The molecule has 0 bridgehead atoms. The lowest BCUT2D eigenvalue weighted by Gasteiger charge is -2.31. The molecular weight excluding hydrogens is 334 g/mol. The summed E-state index contributed by atoms with van der Waals surface area (Å²) in [7, 11) is 7.96. The molecule has 0 unspecified atom stereocenters. The second kappa shape index (κ2) is 16.7. The van der Waals surface area contributed by atoms with Crippen LogP contribution in [0.1, 0.15) is 26.7 Å². The van der Waals surface area contributed by atoms with Gasteiger partial charge in [0, 0.05) is 26.3 Å². The second-order valence-corrected chi connectivity index (χ2v) is 13.4. The third kappa shape index (κ3) is 17.1. The number of hydrogen-bond acceptors (Lipinski definition) is 5. The zero-order chi connectivity index (χ0) is 19.0. The monoisotopic (exact) mass is 379 g/mol. The van der Waals surface area contributed by atoms with Crippen LogP contribution in [0.5, 0.6) is 0 Å². The summed E-state index contributed by atoms with van der Waals surface area (Å²) in [6.45, 7) is 12.5. The summed E-state index contributed by atoms with van der Waals surface area (Å²) >= 11 is 0. The van der Waals surface area contributed by atoms with Gasteiger partial charge in [0.05, 0.1) is 0 Å². The number of nitrogens with zero attached hydrogens (tertiary/aromatic N) is 2. The smallest absolute Gasteiger partial charge is 0.338 e. The quantitative estimate of drug-likeness (QED) is 0.498. The zero-order valence-electron chi connectivity index (χ0n) is 17.9. The summed E-state index contributed by atoms with van der Waals surface area (Å²) in [6.07, 6.45) is 2.30. The highest BCUT2D eigenvalue weighted by Crippen LogP contribution is 2.23. The van der Waals surface area contributed by atoms with Gasteiger partial charge in [0.2, 0.25) is 0 Å². The van der Waals surface area contributed by atoms with Crippen LogP contribution >= 0.6 is 0 Å². The van der Waals surface area contributed by atoms with Crippen LogP contribution < -0.4 is 4.98 Å². The SMILES string of the molecule is CCC[Si](CCC)(OCCN(C)C)OCCN(C)C.CN[SiH](C)C. The Morgan fingerprint density at radius 1 is 0.833 bits per heavy atom. The number of hydrogen-bond donors (Lipinski definition) is 1. The van der Waals surface area contributed by atoms with Crippen LogP contribution in [0.25, 0.3) is 0 Å². The van der Waals surface area contributed by atoms with E-state index in [1.165, 1.54) is 0 Å². The molecule has 0 saturated carbocycles. The molecule has 24 heavy (non-hydrogen) atoms. The van der Waals surface area contributed by atoms with Gasteiger partial charge in [-0.2, -0.15) is 0 Å². The molecule has 148 valence electrons. The summed E-state index contributed by atoms with van der Waals surface area (Å²) in [6, 6.07) is 2.23. The number of likely N-dealkylation sites (N-methyl/N-ethyl adjacent to an activating group) is 2. The summed E-state index contributed by atoms with van der Waals surface area (Å²) < 4.78 is 12.5. The molecule has 0 amide bonds. The summed E-state index contributed by atoms with van der Waals surface area (Å²) in [4.78, 5) is 7.49. The van der Waals surface area contributed by atoms with Crippen LogP contribution in [0.15, 0.2) is 0 Å². The topological polar surface area (TPSA) is 37.0 Å². The van der Waals surface area contributed by atoms with E-state index in [1.807, 2.05) is 7.05 Å². The summed E-state index contributed by atoms with van der Waals surface area (Å²) in [5.41, 5.74) is 0. The van der Waals surface area contributed by atoms with Crippen LogP contribution in [-0.4, -0.2) is 88.9 Å². The van der Waals surface area contributed by atoms with Crippen molar-refractivity contribution in [3.05, 3.63) is 0 Å². The van der Waals surface area contributed by atoms with E-state index in [2.05, 4.69) is 69.9 Å². The van der Waals surface area contributed by atoms with E-state index in [1.54, 1.807) is 0 Å². The van der Waals surface area contributed by atoms with Gasteiger partial charge in [-0.3, -0.25) is 0 Å². The Bertz CT molecular complexity index is 246. The van der Waals surface area contributed by atoms with Crippen molar-refractivity contribution in [1.29, 1.82) is 0 Å². The maximum absolute atomic E-state index is 6.26. The maximum atomic E-state index is 6.26. The van der Waals surface area contributed by atoms with Crippen LogP contribution in [0, 0.1) is 0 Å². The van der Waals surface area contributed by atoms with Gasteiger partial charge in [-0.15, -0.1) is 0 Å². The van der Waals surface area contributed by atoms with Crippen molar-refractivity contribution < 1.29 is 8.85 Å². The summed E-state index contributed by atoms with van der Waals surface area (Å²) in [5, 5.41) is 0. The minimum atomic E-state index is -1.98. The van der Waals surface area contributed by atoms with Crippen LogP contribution in [0.2, 0.25) is 25.2 Å². The van der Waals surface area contributed by atoms with E-state index >= 15 is 0 Å². The van der Waals surface area contributed by atoms with Crippen molar-refractivity contribution >= 4 is 17.5 Å². The normalized spacial score (nSPS) is 12.0. The van der Waals surface area contributed by atoms with E-state index in [4.69, 9.17) is 8.85 Å². The Balaban J connectivity index is 0. The first-order chi connectivity index (χ1) is 11.2. The Morgan fingerprint density at radius 2 is 1.17 bits per heavy atom. The molecule has 0 fully saturated rings. The molecule has 0 aromatic heterocycles. The molecule has 0 aromatic carbocycles. The van der Waals surface area contributed by atoms with Crippen LogP contribution in [0.3, 0.4) is 0 Å². The van der Waals surface area contributed by atoms with Crippen molar-refractivity contribution in [1.82, 2.24) is 14.8 Å². The van der Waals surface area contributed by atoms with E-state index in [0.717, 1.165) is 51.2 Å². The average Bonchev–Trinajstić information content (AvgIpc) is 2.47. The maximum Gasteiger partial charge on any atom is 0.338 e. The lowest BCUT2D eigenvalue weighted by atomic mass is 10.6. The summed E-state index contributed by atoms with van der Waals surface area (Å²) in [5.74, 6) is 0. The number of nitrogens with one attached hydrogen (secondary N) is 1. The molecule has 0 aromatic rings. The molecule has 0 radical (unpaired) electrons. The van der Waals surface area contributed by atoms with Crippen LogP contribution in [0.4, 0.5) is 0 Å². The molecule has 0 aliphatic heterocycles. The molecule has 0 aliphatic carbocycles. The average molecular weight is 380 g/mol. The van der Waals surface area contributed by atoms with Gasteiger partial charge in [-0.1, -0.05) is 39.8 Å². The Labute approximate surface area is 155 Å². The molecule has 0 spiro atoms. The highest BCUT2D eigenvalue weighted by atomic mass is 28.4. The fourth-order valence-electron chi connectivity index (χ4n) is 2.05. The van der Waals surface area contributed by atoms with Gasteiger partial charge in [0.15, 0.2) is 0 Å². The zero-order valence-corrected chi connectivity index (χ0v) is 20.1. The first-order valence-corrected chi connectivity index (χ1v) is 14.6. The van der Waals surface area contributed by atoms with Gasteiger partial charge in [0.25, 0.3) is 0 Å². The van der Waals surface area contributed by atoms with Crippen molar-refractivity contribution in [3.8, 4) is 0 Å². The molecule has 0 aliphatic rings. The first-order valence-electron chi connectivity index (χ1n) is 9.47. The molecule has 0 rings (SSSR count). The minimum Gasteiger partial charge on any atom is -0.393 e. The van der Waals surface area contributed by atoms with Gasteiger partial charge in [-0.25, -0.2) is 0 Å². The van der Waals surface area contributed by atoms with E-state index in [-0.39, 0.29) is 0 Å². The third-order valence-corrected chi connectivity index (χ3v) is 8.79. The first kappa shape index (κ1) is 26.5. The van der Waals surface area contributed by atoms with Crippen molar-refractivity contribution in [3.63, 3.8) is 0 Å². The third-order valence-electron chi connectivity index (χ3n) is 3.65. The standard InChI is InChI=1S/C14H34N2O2Si.C3H11NSi/c1-7-13-19(14-8-2,17-11-9-15(3)4)18-12-10-16(5)6;1-4-5(2)3/h7-14H2,1-6H3;4-5H,1-3H3. The highest BCUT2D eigenvalue weighted by molar-refractivity contribution is 6.67. The predicted octanol–water partition coefficient (Wildman–Crippen LogP) is 2.59. The molecule has 0 heterocycles. The molecule has 1 N–H and O–H groups in total. The van der Waals surface area contributed by atoms with Crippen molar-refractivity contribution in [2.75, 3.05) is 61.5 Å². The molecule has 5 nitrogen and oxygen atoms in total. The van der Waals surface area contributed by atoms with Gasteiger partial charge in [-0.05, 0) is 47.3 Å². The molecule has 0 atom stereocenters. The van der Waals surface area contributed by atoms with Crippen LogP contribution in [-0.2, 0) is 8.85 Å². The largest absolute Gasteiger partial charge is 0.393 e. The van der Waals surface area contributed by atoms with Crippen molar-refractivity contribution in [2.45, 2.75) is 51.9 Å². The molecule has 0 saturated heterocycles. The Hall–Kier alpha value is 0.234. The highest BCUT2D eigenvalue weighted by Gasteiger charge is 2.35. The Morgan fingerprint density at radius 3 is 1.38 bits per heavy atom. The Kier molecular flexibility index (Phi) is 18.4.